The number of hydrazone groups is 1. The van der Waals surface area contributed by atoms with Crippen LogP contribution in [0.15, 0.2) is 53.6 Å². The molecule has 6 heteroatoms. The van der Waals surface area contributed by atoms with Crippen molar-refractivity contribution >= 4 is 34.1 Å². The maximum atomic E-state index is 12.3. The van der Waals surface area contributed by atoms with Crippen LogP contribution in [0, 0.1) is 6.92 Å². The molecule has 0 spiro atoms. The van der Waals surface area contributed by atoms with E-state index in [-0.39, 0.29) is 11.9 Å². The molecule has 0 unspecified atom stereocenters. The van der Waals surface area contributed by atoms with E-state index in [0.717, 1.165) is 27.7 Å². The molecule has 0 aliphatic carbocycles. The number of pyridine rings is 1. The molecular formula is C23H22ClN3O2. The van der Waals surface area contributed by atoms with Crippen LogP contribution in [0.25, 0.3) is 10.9 Å². The number of aromatic nitrogens is 1. The summed E-state index contributed by atoms with van der Waals surface area (Å²) in [4.78, 5) is 16.9. The predicted octanol–water partition coefficient (Wildman–Crippen LogP) is 5.29. The van der Waals surface area contributed by atoms with Crippen LogP contribution < -0.4 is 4.74 Å². The summed E-state index contributed by atoms with van der Waals surface area (Å²) in [6.45, 7) is 6.04. The Labute approximate surface area is 175 Å². The van der Waals surface area contributed by atoms with Gasteiger partial charge < -0.3 is 4.74 Å². The fourth-order valence-electron chi connectivity index (χ4n) is 3.63. The molecule has 1 aliphatic rings. The van der Waals surface area contributed by atoms with Gasteiger partial charge in [0, 0.05) is 24.3 Å². The van der Waals surface area contributed by atoms with Crippen molar-refractivity contribution in [3.8, 4) is 5.75 Å². The summed E-state index contributed by atoms with van der Waals surface area (Å²) in [5, 5.41) is 7.39. The van der Waals surface area contributed by atoms with Gasteiger partial charge in [-0.2, -0.15) is 5.10 Å². The van der Waals surface area contributed by atoms with Gasteiger partial charge in [0.25, 0.3) is 0 Å². The van der Waals surface area contributed by atoms with Gasteiger partial charge in [-0.15, -0.1) is 0 Å². The van der Waals surface area contributed by atoms with Crippen molar-refractivity contribution in [1.29, 1.82) is 0 Å². The lowest BCUT2D eigenvalue weighted by Crippen LogP contribution is -2.24. The number of rotatable bonds is 4. The monoisotopic (exact) mass is 407 g/mol. The number of hydrogen-bond donors (Lipinski definition) is 0. The third kappa shape index (κ3) is 3.70. The second kappa shape index (κ2) is 7.84. The SMILES string of the molecule is CCOc1cccc2cc([C@@H]3CC(c4ccc(C)cc4)=NN3C(C)=O)c(Cl)nc12. The number of benzene rings is 2. The summed E-state index contributed by atoms with van der Waals surface area (Å²) in [7, 11) is 0. The molecule has 1 aliphatic heterocycles. The quantitative estimate of drug-likeness (QED) is 0.552. The molecule has 0 N–H and O–H groups in total. The smallest absolute Gasteiger partial charge is 0.240 e. The molecule has 5 nitrogen and oxygen atoms in total. The number of carbonyl (C=O) groups excluding carboxylic acids is 1. The lowest BCUT2D eigenvalue weighted by Gasteiger charge is -2.21. The highest BCUT2D eigenvalue weighted by Crippen LogP contribution is 2.38. The van der Waals surface area contributed by atoms with Crippen LogP contribution in [-0.2, 0) is 4.79 Å². The second-order valence-corrected chi connectivity index (χ2v) is 7.48. The van der Waals surface area contributed by atoms with Gasteiger partial charge in [-0.25, -0.2) is 9.99 Å². The number of hydrogen-bond acceptors (Lipinski definition) is 4. The Morgan fingerprint density at radius 2 is 2.00 bits per heavy atom. The summed E-state index contributed by atoms with van der Waals surface area (Å²) in [5.41, 5.74) is 4.56. The zero-order valence-corrected chi connectivity index (χ0v) is 17.4. The van der Waals surface area contributed by atoms with Crippen molar-refractivity contribution in [2.45, 2.75) is 33.2 Å². The number of para-hydroxylation sites is 1. The number of aryl methyl sites for hydroxylation is 1. The number of nitrogens with zero attached hydrogens (tertiary/aromatic N) is 3. The van der Waals surface area contributed by atoms with E-state index in [1.807, 2.05) is 62.4 Å². The summed E-state index contributed by atoms with van der Waals surface area (Å²) in [6, 6.07) is 15.6. The molecule has 1 aromatic heterocycles. The number of carbonyl (C=O) groups is 1. The number of ether oxygens (including phenoxy) is 1. The van der Waals surface area contributed by atoms with Crippen molar-refractivity contribution in [2.24, 2.45) is 5.10 Å². The first-order chi connectivity index (χ1) is 14.0. The molecule has 148 valence electrons. The van der Waals surface area contributed by atoms with Gasteiger partial charge in [0.15, 0.2) is 0 Å². The van der Waals surface area contributed by atoms with Crippen LogP contribution in [0.1, 0.15) is 43.0 Å². The lowest BCUT2D eigenvalue weighted by atomic mass is 9.98. The van der Waals surface area contributed by atoms with E-state index in [1.54, 1.807) is 0 Å². The van der Waals surface area contributed by atoms with Crippen LogP contribution in [0.4, 0.5) is 0 Å². The van der Waals surface area contributed by atoms with E-state index in [0.29, 0.717) is 23.9 Å². The molecule has 29 heavy (non-hydrogen) atoms. The standard InChI is InChI=1S/C23H22ClN3O2/c1-4-29-21-7-5-6-17-12-18(23(24)25-22(17)21)20-13-19(26-27(20)15(3)28)16-10-8-14(2)9-11-16/h5-12,20H,4,13H2,1-3H3/t20-/m0/s1. The third-order valence-electron chi connectivity index (χ3n) is 5.07. The normalized spacial score (nSPS) is 16.2. The molecule has 2 aromatic carbocycles. The fraction of sp³-hybridized carbons (Fsp3) is 0.261. The summed E-state index contributed by atoms with van der Waals surface area (Å²) < 4.78 is 5.68. The van der Waals surface area contributed by atoms with Crippen molar-refractivity contribution in [1.82, 2.24) is 9.99 Å². The summed E-state index contributed by atoms with van der Waals surface area (Å²) in [6.07, 6.45) is 0.584. The van der Waals surface area contributed by atoms with Crippen molar-refractivity contribution in [3.05, 3.63) is 70.4 Å². The average Bonchev–Trinajstić information content (AvgIpc) is 3.14. The Morgan fingerprint density at radius 1 is 1.24 bits per heavy atom. The number of fused-ring (bicyclic) bond motifs is 1. The van der Waals surface area contributed by atoms with Crippen molar-refractivity contribution < 1.29 is 9.53 Å². The summed E-state index contributed by atoms with van der Waals surface area (Å²) in [5.74, 6) is 0.571. The molecule has 0 radical (unpaired) electrons. The molecule has 4 rings (SSSR count). The Morgan fingerprint density at radius 3 is 2.69 bits per heavy atom. The minimum Gasteiger partial charge on any atom is -0.492 e. The van der Waals surface area contributed by atoms with Gasteiger partial charge >= 0.3 is 0 Å². The van der Waals surface area contributed by atoms with Crippen LogP contribution in [0.2, 0.25) is 5.15 Å². The van der Waals surface area contributed by atoms with Gasteiger partial charge in [0.1, 0.15) is 16.4 Å². The fourth-order valence-corrected chi connectivity index (χ4v) is 3.90. The first-order valence-corrected chi connectivity index (χ1v) is 10.0. The summed E-state index contributed by atoms with van der Waals surface area (Å²) >= 11 is 6.58. The Balaban J connectivity index is 1.75. The van der Waals surface area contributed by atoms with Gasteiger partial charge in [-0.1, -0.05) is 53.6 Å². The first-order valence-electron chi connectivity index (χ1n) is 9.64. The van der Waals surface area contributed by atoms with Gasteiger partial charge in [-0.05, 0) is 31.5 Å². The molecular weight excluding hydrogens is 386 g/mol. The zero-order chi connectivity index (χ0) is 20.5. The zero-order valence-electron chi connectivity index (χ0n) is 16.6. The molecule has 3 aromatic rings. The highest BCUT2D eigenvalue weighted by Gasteiger charge is 2.33. The number of amides is 1. The molecule has 0 fully saturated rings. The molecule has 1 amide bonds. The van der Waals surface area contributed by atoms with Crippen LogP contribution in [-0.4, -0.2) is 28.2 Å². The van der Waals surface area contributed by atoms with Gasteiger partial charge in [-0.3, -0.25) is 4.79 Å². The van der Waals surface area contributed by atoms with Crippen LogP contribution in [0.5, 0.6) is 5.75 Å². The minimum atomic E-state index is -0.288. The van der Waals surface area contributed by atoms with Gasteiger partial charge in [0.2, 0.25) is 5.91 Å². The highest BCUT2D eigenvalue weighted by molar-refractivity contribution is 6.30. The maximum absolute atomic E-state index is 12.3. The number of halogens is 1. The Bertz CT molecular complexity index is 1110. The Kier molecular flexibility index (Phi) is 5.24. The average molecular weight is 408 g/mol. The van der Waals surface area contributed by atoms with E-state index in [1.165, 1.54) is 17.5 Å². The Hall–Kier alpha value is -2.92. The van der Waals surface area contributed by atoms with E-state index >= 15 is 0 Å². The van der Waals surface area contributed by atoms with Crippen LogP contribution in [0.3, 0.4) is 0 Å². The van der Waals surface area contributed by atoms with Crippen molar-refractivity contribution in [2.75, 3.05) is 6.61 Å². The highest BCUT2D eigenvalue weighted by atomic mass is 35.5. The van der Waals surface area contributed by atoms with E-state index < -0.39 is 0 Å². The first kappa shape index (κ1) is 19.4. The van der Waals surface area contributed by atoms with Crippen molar-refractivity contribution in [3.63, 3.8) is 0 Å². The molecule has 2 heterocycles. The van der Waals surface area contributed by atoms with E-state index in [2.05, 4.69) is 10.1 Å². The largest absolute Gasteiger partial charge is 0.492 e. The molecule has 1 atom stereocenters. The van der Waals surface area contributed by atoms with E-state index in [9.17, 15) is 4.79 Å². The predicted molar refractivity (Wildman–Crippen MR) is 116 cm³/mol. The van der Waals surface area contributed by atoms with Gasteiger partial charge in [0.05, 0.1) is 18.4 Å². The molecule has 0 saturated carbocycles. The third-order valence-corrected chi connectivity index (χ3v) is 5.37. The second-order valence-electron chi connectivity index (χ2n) is 7.13. The molecule has 0 bridgehead atoms. The minimum absolute atomic E-state index is 0.128. The van der Waals surface area contributed by atoms with Crippen LogP contribution >= 0.6 is 11.6 Å². The lowest BCUT2D eigenvalue weighted by molar-refractivity contribution is -0.130. The topological polar surface area (TPSA) is 54.8 Å². The van der Waals surface area contributed by atoms with E-state index in [4.69, 9.17) is 16.3 Å². The maximum Gasteiger partial charge on any atom is 0.240 e. The molecule has 0 saturated heterocycles.